The number of alkyl halides is 3. The molecule has 1 N–H and O–H groups in total. The molecule has 0 saturated heterocycles. The summed E-state index contributed by atoms with van der Waals surface area (Å²) in [4.78, 5) is 11.8. The smallest absolute Gasteiger partial charge is 0.416 e. The largest absolute Gasteiger partial charge is 0.482 e. The quantitative estimate of drug-likeness (QED) is 0.670. The Morgan fingerprint density at radius 2 is 1.70 bits per heavy atom. The van der Waals surface area contributed by atoms with Crippen LogP contribution in [0, 0.1) is 0 Å². The highest BCUT2D eigenvalue weighted by Gasteiger charge is 2.29. The number of benzene rings is 2. The first-order valence-electron chi connectivity index (χ1n) is 8.63. The lowest BCUT2D eigenvalue weighted by Crippen LogP contribution is -2.13. The van der Waals surface area contributed by atoms with E-state index in [9.17, 15) is 18.0 Å². The Morgan fingerprint density at radius 3 is 2.33 bits per heavy atom. The third kappa shape index (κ3) is 4.97. The molecule has 0 saturated carbocycles. The van der Waals surface area contributed by atoms with Crippen LogP contribution in [0.25, 0.3) is 0 Å². The van der Waals surface area contributed by atoms with Gasteiger partial charge in [0.1, 0.15) is 5.75 Å². The van der Waals surface area contributed by atoms with Crippen molar-refractivity contribution in [2.24, 2.45) is 0 Å². The number of aliphatic carboxylic acids is 1. The van der Waals surface area contributed by atoms with E-state index in [4.69, 9.17) is 9.84 Å². The van der Waals surface area contributed by atoms with Gasteiger partial charge in [0.2, 0.25) is 0 Å². The predicted octanol–water partition coefficient (Wildman–Crippen LogP) is 5.34. The van der Waals surface area contributed by atoms with Crippen molar-refractivity contribution in [2.45, 2.75) is 42.5 Å². The van der Waals surface area contributed by atoms with Crippen LogP contribution in [-0.2, 0) is 29.6 Å². The fraction of sp³-hybridized carbons (Fsp3) is 0.350. The van der Waals surface area contributed by atoms with Gasteiger partial charge in [0.15, 0.2) is 6.61 Å². The summed E-state index contributed by atoms with van der Waals surface area (Å²) >= 11 is 1.58. The van der Waals surface area contributed by atoms with E-state index in [1.165, 1.54) is 17.7 Å². The first kappa shape index (κ1) is 19.6. The SMILES string of the molecule is O=C(O)COc1ccc(SCc2ccc(C(F)(F)F)cc2)c2c1CCCC2. The minimum atomic E-state index is -4.32. The molecular weight excluding hydrogens is 377 g/mol. The van der Waals surface area contributed by atoms with Crippen LogP contribution in [0.1, 0.15) is 35.1 Å². The van der Waals surface area contributed by atoms with Crippen molar-refractivity contribution in [1.29, 1.82) is 0 Å². The van der Waals surface area contributed by atoms with Crippen molar-refractivity contribution in [3.63, 3.8) is 0 Å². The molecule has 3 rings (SSSR count). The van der Waals surface area contributed by atoms with Crippen LogP contribution >= 0.6 is 11.8 Å². The minimum absolute atomic E-state index is 0.371. The van der Waals surface area contributed by atoms with Gasteiger partial charge in [-0.3, -0.25) is 0 Å². The molecule has 0 fully saturated rings. The number of halogens is 3. The van der Waals surface area contributed by atoms with Gasteiger partial charge in [0.05, 0.1) is 5.56 Å². The van der Waals surface area contributed by atoms with Gasteiger partial charge in [0, 0.05) is 10.6 Å². The Bertz CT molecular complexity index is 816. The molecule has 0 spiro atoms. The molecule has 0 aliphatic heterocycles. The average molecular weight is 396 g/mol. The first-order chi connectivity index (χ1) is 12.8. The van der Waals surface area contributed by atoms with Crippen molar-refractivity contribution in [2.75, 3.05) is 6.61 Å². The molecule has 1 aliphatic carbocycles. The number of carboxylic acid groups (broad SMARTS) is 1. The number of fused-ring (bicyclic) bond motifs is 1. The second-order valence-corrected chi connectivity index (χ2v) is 7.41. The summed E-state index contributed by atoms with van der Waals surface area (Å²) in [5.74, 6) is 0.172. The Kier molecular flexibility index (Phi) is 5.99. The van der Waals surface area contributed by atoms with Gasteiger partial charge in [-0.2, -0.15) is 13.2 Å². The lowest BCUT2D eigenvalue weighted by atomic mass is 9.91. The minimum Gasteiger partial charge on any atom is -0.482 e. The number of rotatable bonds is 6. The Morgan fingerprint density at radius 1 is 1.04 bits per heavy atom. The average Bonchev–Trinajstić information content (AvgIpc) is 2.64. The van der Waals surface area contributed by atoms with Crippen molar-refractivity contribution in [3.8, 4) is 5.75 Å². The molecule has 27 heavy (non-hydrogen) atoms. The zero-order chi connectivity index (χ0) is 19.4. The van der Waals surface area contributed by atoms with Crippen LogP contribution in [0.3, 0.4) is 0 Å². The molecule has 144 valence electrons. The monoisotopic (exact) mass is 396 g/mol. The second kappa shape index (κ2) is 8.25. The predicted molar refractivity (Wildman–Crippen MR) is 97.2 cm³/mol. The topological polar surface area (TPSA) is 46.5 Å². The van der Waals surface area contributed by atoms with Crippen LogP contribution in [0.2, 0.25) is 0 Å². The fourth-order valence-corrected chi connectivity index (χ4v) is 4.24. The fourth-order valence-electron chi connectivity index (χ4n) is 3.16. The van der Waals surface area contributed by atoms with Gasteiger partial charge in [-0.05, 0) is 66.6 Å². The number of hydrogen-bond donors (Lipinski definition) is 1. The van der Waals surface area contributed by atoms with Crippen LogP contribution in [0.4, 0.5) is 13.2 Å². The van der Waals surface area contributed by atoms with E-state index in [1.54, 1.807) is 17.8 Å². The maximum atomic E-state index is 12.7. The van der Waals surface area contributed by atoms with Gasteiger partial charge in [-0.15, -0.1) is 11.8 Å². The molecule has 0 bridgehead atoms. The molecule has 0 atom stereocenters. The summed E-state index contributed by atoms with van der Waals surface area (Å²) < 4.78 is 43.4. The van der Waals surface area contributed by atoms with E-state index in [2.05, 4.69) is 0 Å². The normalized spacial score (nSPS) is 13.9. The standard InChI is InChI=1S/C20H19F3O3S/c21-20(22,23)14-7-5-13(6-8-14)12-27-18-10-9-17(26-11-19(24)25)15-3-1-2-4-16(15)18/h5-10H,1-4,11-12H2,(H,24,25). The van der Waals surface area contributed by atoms with Crippen molar-refractivity contribution >= 4 is 17.7 Å². The summed E-state index contributed by atoms with van der Waals surface area (Å²) in [6.45, 7) is -0.371. The van der Waals surface area contributed by atoms with Gasteiger partial charge in [-0.1, -0.05) is 12.1 Å². The molecule has 1 aliphatic rings. The summed E-state index contributed by atoms with van der Waals surface area (Å²) in [5.41, 5.74) is 2.40. The van der Waals surface area contributed by atoms with Crippen molar-refractivity contribution in [3.05, 3.63) is 58.7 Å². The van der Waals surface area contributed by atoms with Crippen molar-refractivity contribution in [1.82, 2.24) is 0 Å². The van der Waals surface area contributed by atoms with Gasteiger partial charge in [-0.25, -0.2) is 4.79 Å². The molecule has 7 heteroatoms. The van der Waals surface area contributed by atoms with E-state index >= 15 is 0 Å². The number of carboxylic acids is 1. The highest BCUT2D eigenvalue weighted by Crippen LogP contribution is 2.38. The van der Waals surface area contributed by atoms with Crippen molar-refractivity contribution < 1.29 is 27.8 Å². The highest BCUT2D eigenvalue weighted by molar-refractivity contribution is 7.98. The molecule has 2 aromatic rings. The molecule has 0 amide bonds. The lowest BCUT2D eigenvalue weighted by molar-refractivity contribution is -0.139. The molecule has 0 radical (unpaired) electrons. The summed E-state index contributed by atoms with van der Waals surface area (Å²) in [5, 5.41) is 8.81. The maximum absolute atomic E-state index is 12.7. The zero-order valence-electron chi connectivity index (χ0n) is 14.5. The number of ether oxygens (including phenoxy) is 1. The van der Waals surface area contributed by atoms with Gasteiger partial charge >= 0.3 is 12.1 Å². The summed E-state index contributed by atoms with van der Waals surface area (Å²) in [6, 6.07) is 8.93. The van der Waals surface area contributed by atoms with Crippen LogP contribution in [0.15, 0.2) is 41.3 Å². The third-order valence-electron chi connectivity index (χ3n) is 4.48. The Labute approximate surface area is 159 Å². The van der Waals surface area contributed by atoms with Gasteiger partial charge < -0.3 is 9.84 Å². The highest BCUT2D eigenvalue weighted by atomic mass is 32.2. The van der Waals surface area contributed by atoms with E-state index in [1.807, 2.05) is 6.07 Å². The molecule has 0 heterocycles. The van der Waals surface area contributed by atoms with Gasteiger partial charge in [0.25, 0.3) is 0 Å². The van der Waals surface area contributed by atoms with E-state index in [0.717, 1.165) is 53.8 Å². The summed E-state index contributed by atoms with van der Waals surface area (Å²) in [6.07, 6.45) is -0.489. The number of carbonyl (C=O) groups is 1. The first-order valence-corrected chi connectivity index (χ1v) is 9.61. The molecule has 0 aromatic heterocycles. The van der Waals surface area contributed by atoms with E-state index < -0.39 is 17.7 Å². The van der Waals surface area contributed by atoms with E-state index in [-0.39, 0.29) is 6.61 Å². The maximum Gasteiger partial charge on any atom is 0.416 e. The zero-order valence-corrected chi connectivity index (χ0v) is 15.3. The lowest BCUT2D eigenvalue weighted by Gasteiger charge is -2.22. The molecule has 0 unspecified atom stereocenters. The van der Waals surface area contributed by atoms with Crippen LogP contribution < -0.4 is 4.74 Å². The van der Waals surface area contributed by atoms with Crippen LogP contribution in [0.5, 0.6) is 5.75 Å². The molecule has 2 aromatic carbocycles. The molecular formula is C20H19F3O3S. The Balaban J connectivity index is 1.74. The second-order valence-electron chi connectivity index (χ2n) is 6.39. The summed E-state index contributed by atoms with van der Waals surface area (Å²) in [7, 11) is 0. The number of thioether (sulfide) groups is 1. The van der Waals surface area contributed by atoms with E-state index in [0.29, 0.717) is 11.5 Å². The van der Waals surface area contributed by atoms with Crippen LogP contribution in [-0.4, -0.2) is 17.7 Å². The Hall–Kier alpha value is -2.15. The number of hydrogen-bond acceptors (Lipinski definition) is 3. The third-order valence-corrected chi connectivity index (χ3v) is 5.65. The molecule has 3 nitrogen and oxygen atoms in total.